The summed E-state index contributed by atoms with van der Waals surface area (Å²) in [6.07, 6.45) is 3.49. The third kappa shape index (κ3) is 2.77. The molecule has 0 aliphatic carbocycles. The lowest BCUT2D eigenvalue weighted by Gasteiger charge is -2.22. The Morgan fingerprint density at radius 3 is 3.20 bits per heavy atom. The Morgan fingerprint density at radius 2 is 2.53 bits per heavy atom. The van der Waals surface area contributed by atoms with Crippen molar-refractivity contribution >= 4 is 28.5 Å². The molecule has 0 spiro atoms. The summed E-state index contributed by atoms with van der Waals surface area (Å²) >= 11 is 6.91. The molecule has 1 unspecified atom stereocenters. The third-order valence-electron chi connectivity index (χ3n) is 2.92. The molecule has 0 saturated carbocycles. The Morgan fingerprint density at radius 1 is 1.67 bits per heavy atom. The van der Waals surface area contributed by atoms with Gasteiger partial charge in [0.05, 0.1) is 11.0 Å². The molecule has 15 heavy (non-hydrogen) atoms. The second-order valence-corrected chi connectivity index (χ2v) is 5.43. The van der Waals surface area contributed by atoms with Gasteiger partial charge in [0.25, 0.3) is 0 Å². The van der Waals surface area contributed by atoms with Gasteiger partial charge in [0.1, 0.15) is 0 Å². The number of thiocarbonyl (C=S) groups is 1. The predicted octanol–water partition coefficient (Wildman–Crippen LogP) is 2.04. The molecule has 2 nitrogen and oxygen atoms in total. The van der Waals surface area contributed by atoms with E-state index in [1.807, 2.05) is 11.3 Å². The Labute approximate surface area is 100 Å². The maximum absolute atomic E-state index is 5.73. The van der Waals surface area contributed by atoms with Crippen LogP contribution < -0.4 is 5.73 Å². The summed E-state index contributed by atoms with van der Waals surface area (Å²) in [6.45, 7) is 2.23. The van der Waals surface area contributed by atoms with E-state index in [0.717, 1.165) is 25.9 Å². The highest BCUT2D eigenvalue weighted by atomic mass is 32.1. The maximum atomic E-state index is 5.73. The van der Waals surface area contributed by atoms with Crippen molar-refractivity contribution in [2.45, 2.75) is 25.3 Å². The molecule has 0 bridgehead atoms. The summed E-state index contributed by atoms with van der Waals surface area (Å²) in [5.41, 5.74) is 5.73. The van der Waals surface area contributed by atoms with E-state index in [9.17, 15) is 0 Å². The van der Waals surface area contributed by atoms with Crippen LogP contribution in [0.2, 0.25) is 0 Å². The van der Waals surface area contributed by atoms with Crippen LogP contribution in [0.3, 0.4) is 0 Å². The maximum Gasteiger partial charge on any atom is 0.0902 e. The first-order valence-electron chi connectivity index (χ1n) is 5.33. The van der Waals surface area contributed by atoms with Gasteiger partial charge < -0.3 is 5.73 Å². The molecule has 82 valence electrons. The van der Waals surface area contributed by atoms with E-state index >= 15 is 0 Å². The molecule has 1 aliphatic heterocycles. The zero-order valence-corrected chi connectivity index (χ0v) is 10.3. The summed E-state index contributed by atoms with van der Waals surface area (Å²) in [7, 11) is 0. The summed E-state index contributed by atoms with van der Waals surface area (Å²) < 4.78 is 0. The molecule has 1 saturated heterocycles. The molecule has 0 radical (unpaired) electrons. The first-order chi connectivity index (χ1) is 7.27. The van der Waals surface area contributed by atoms with Crippen LogP contribution in [0, 0.1) is 0 Å². The van der Waals surface area contributed by atoms with Crippen LogP contribution >= 0.6 is 23.6 Å². The zero-order valence-electron chi connectivity index (χ0n) is 8.69. The lowest BCUT2D eigenvalue weighted by molar-refractivity contribution is 0.308. The van der Waals surface area contributed by atoms with E-state index in [2.05, 4.69) is 22.4 Å². The lowest BCUT2D eigenvalue weighted by Crippen LogP contribution is -2.40. The van der Waals surface area contributed by atoms with E-state index in [1.165, 1.54) is 11.3 Å². The monoisotopic (exact) mass is 240 g/mol. The van der Waals surface area contributed by atoms with Gasteiger partial charge in [-0.05, 0) is 37.3 Å². The molecule has 1 aromatic heterocycles. The van der Waals surface area contributed by atoms with Crippen molar-refractivity contribution in [1.82, 2.24) is 4.90 Å². The number of likely N-dealkylation sites (tertiary alicyclic amines) is 1. The topological polar surface area (TPSA) is 29.3 Å². The summed E-state index contributed by atoms with van der Waals surface area (Å²) in [5.74, 6) is 0. The summed E-state index contributed by atoms with van der Waals surface area (Å²) in [4.78, 5) is 4.53. The SMILES string of the molecule is NC(=S)C1CCCN1CCc1cccs1. The molecule has 1 atom stereocenters. The average molecular weight is 240 g/mol. The van der Waals surface area contributed by atoms with Gasteiger partial charge >= 0.3 is 0 Å². The Kier molecular flexibility index (Phi) is 3.72. The van der Waals surface area contributed by atoms with E-state index in [-0.39, 0.29) is 0 Å². The van der Waals surface area contributed by atoms with Crippen molar-refractivity contribution in [3.63, 3.8) is 0 Å². The molecule has 0 aromatic carbocycles. The summed E-state index contributed by atoms with van der Waals surface area (Å²) in [5, 5.41) is 2.13. The molecule has 4 heteroatoms. The quantitative estimate of drug-likeness (QED) is 0.817. The van der Waals surface area contributed by atoms with Crippen LogP contribution in [0.25, 0.3) is 0 Å². The summed E-state index contributed by atoms with van der Waals surface area (Å²) in [6, 6.07) is 4.64. The first-order valence-corrected chi connectivity index (χ1v) is 6.62. The number of hydrogen-bond acceptors (Lipinski definition) is 3. The minimum absolute atomic E-state index is 0.347. The van der Waals surface area contributed by atoms with E-state index < -0.39 is 0 Å². The molecule has 1 aliphatic rings. The lowest BCUT2D eigenvalue weighted by atomic mass is 10.2. The zero-order chi connectivity index (χ0) is 10.7. The fourth-order valence-electron chi connectivity index (χ4n) is 2.12. The van der Waals surface area contributed by atoms with Crippen molar-refractivity contribution in [3.05, 3.63) is 22.4 Å². The largest absolute Gasteiger partial charge is 0.392 e. The van der Waals surface area contributed by atoms with Crippen molar-refractivity contribution < 1.29 is 0 Å². The second kappa shape index (κ2) is 5.05. The third-order valence-corrected chi connectivity index (χ3v) is 4.13. The smallest absolute Gasteiger partial charge is 0.0902 e. The molecule has 2 rings (SSSR count). The number of thiophene rings is 1. The minimum Gasteiger partial charge on any atom is -0.392 e. The molecular weight excluding hydrogens is 224 g/mol. The number of hydrogen-bond donors (Lipinski definition) is 1. The highest BCUT2D eigenvalue weighted by molar-refractivity contribution is 7.80. The highest BCUT2D eigenvalue weighted by Crippen LogP contribution is 2.19. The Hall–Kier alpha value is -0.450. The van der Waals surface area contributed by atoms with Crippen molar-refractivity contribution in [2.24, 2.45) is 5.73 Å². The van der Waals surface area contributed by atoms with Crippen molar-refractivity contribution in [3.8, 4) is 0 Å². The van der Waals surface area contributed by atoms with Gasteiger partial charge in [0.2, 0.25) is 0 Å². The van der Waals surface area contributed by atoms with Crippen LogP contribution in [-0.4, -0.2) is 29.0 Å². The molecule has 2 heterocycles. The van der Waals surface area contributed by atoms with Gasteiger partial charge in [-0.15, -0.1) is 11.3 Å². The van der Waals surface area contributed by atoms with Crippen LogP contribution in [0.1, 0.15) is 17.7 Å². The van der Waals surface area contributed by atoms with Crippen molar-refractivity contribution in [1.29, 1.82) is 0 Å². The van der Waals surface area contributed by atoms with Crippen LogP contribution in [0.15, 0.2) is 17.5 Å². The normalized spacial score (nSPS) is 22.0. The van der Waals surface area contributed by atoms with Gasteiger partial charge in [-0.1, -0.05) is 18.3 Å². The van der Waals surface area contributed by atoms with Crippen molar-refractivity contribution in [2.75, 3.05) is 13.1 Å². The molecule has 1 aromatic rings. The van der Waals surface area contributed by atoms with Gasteiger partial charge in [-0.25, -0.2) is 0 Å². The fraction of sp³-hybridized carbons (Fsp3) is 0.545. The van der Waals surface area contributed by atoms with Gasteiger partial charge in [-0.2, -0.15) is 0 Å². The van der Waals surface area contributed by atoms with Crippen LogP contribution in [0.5, 0.6) is 0 Å². The predicted molar refractivity (Wildman–Crippen MR) is 69.4 cm³/mol. The average Bonchev–Trinajstić information content (AvgIpc) is 2.86. The Bertz CT molecular complexity index is 321. The van der Waals surface area contributed by atoms with Gasteiger partial charge in [0.15, 0.2) is 0 Å². The molecule has 1 fully saturated rings. The van der Waals surface area contributed by atoms with Gasteiger partial charge in [-0.3, -0.25) is 4.90 Å². The number of rotatable bonds is 4. The second-order valence-electron chi connectivity index (χ2n) is 3.93. The molecule has 2 N–H and O–H groups in total. The van der Waals surface area contributed by atoms with E-state index in [4.69, 9.17) is 18.0 Å². The standard InChI is InChI=1S/C11H16N2S2/c12-11(14)10-4-1-6-13(10)7-5-9-3-2-8-15-9/h2-3,8,10H,1,4-7H2,(H2,12,14). The number of nitrogens with two attached hydrogens (primary N) is 1. The van der Waals surface area contributed by atoms with Crippen LogP contribution in [-0.2, 0) is 6.42 Å². The number of nitrogens with zero attached hydrogens (tertiary/aromatic N) is 1. The van der Waals surface area contributed by atoms with E-state index in [1.54, 1.807) is 0 Å². The van der Waals surface area contributed by atoms with E-state index in [0.29, 0.717) is 11.0 Å². The van der Waals surface area contributed by atoms with Gasteiger partial charge in [0, 0.05) is 11.4 Å². The highest BCUT2D eigenvalue weighted by Gasteiger charge is 2.25. The first kappa shape index (κ1) is 11.0. The molecule has 0 amide bonds. The Balaban J connectivity index is 1.86. The molecular formula is C11H16N2S2. The minimum atomic E-state index is 0.347. The van der Waals surface area contributed by atoms with Crippen LogP contribution in [0.4, 0.5) is 0 Å². The fourth-order valence-corrected chi connectivity index (χ4v) is 3.09.